The normalized spacial score (nSPS) is 21.4. The maximum atomic E-state index is 5.82. The zero-order valence-electron chi connectivity index (χ0n) is 8.00. The molecule has 1 aromatic carbocycles. The molecule has 1 N–H and O–H groups in total. The maximum absolute atomic E-state index is 5.82. The van der Waals surface area contributed by atoms with Gasteiger partial charge in [0.1, 0.15) is 0 Å². The van der Waals surface area contributed by atoms with Crippen LogP contribution in [0, 0.1) is 0 Å². The molecule has 0 amide bonds. The molecule has 0 aliphatic carbocycles. The lowest BCUT2D eigenvalue weighted by Crippen LogP contribution is -2.23. The Hall–Kier alpha value is -0.180. The molecule has 0 bridgehead atoms. The van der Waals surface area contributed by atoms with Crippen LogP contribution in [0.1, 0.15) is 12.8 Å². The third kappa shape index (κ3) is 2.91. The molecule has 1 aliphatic rings. The lowest BCUT2D eigenvalue weighted by Gasteiger charge is -2.08. The number of hydrogen-bond donors (Lipinski definition) is 1. The van der Waals surface area contributed by atoms with Crippen LogP contribution in [0.5, 0.6) is 0 Å². The van der Waals surface area contributed by atoms with Crippen molar-refractivity contribution in [2.45, 2.75) is 23.8 Å². The van der Waals surface area contributed by atoms with E-state index in [4.69, 9.17) is 11.6 Å². The second-order valence-corrected chi connectivity index (χ2v) is 5.09. The highest BCUT2D eigenvalue weighted by Crippen LogP contribution is 2.22. The fraction of sp³-hybridized carbons (Fsp3) is 0.455. The Morgan fingerprint density at radius 3 is 2.79 bits per heavy atom. The Morgan fingerprint density at radius 1 is 1.36 bits per heavy atom. The molecule has 0 spiro atoms. The molecular weight excluding hydrogens is 214 g/mol. The lowest BCUT2D eigenvalue weighted by atomic mass is 10.3. The van der Waals surface area contributed by atoms with Crippen molar-refractivity contribution in [2.75, 3.05) is 12.3 Å². The van der Waals surface area contributed by atoms with Gasteiger partial charge in [0.2, 0.25) is 0 Å². The highest BCUT2D eigenvalue weighted by atomic mass is 35.5. The van der Waals surface area contributed by atoms with Crippen LogP contribution in [0.15, 0.2) is 29.2 Å². The fourth-order valence-corrected chi connectivity index (χ4v) is 2.76. The van der Waals surface area contributed by atoms with Crippen LogP contribution < -0.4 is 5.32 Å². The van der Waals surface area contributed by atoms with Crippen molar-refractivity contribution in [3.8, 4) is 0 Å². The summed E-state index contributed by atoms with van der Waals surface area (Å²) in [5.41, 5.74) is 0. The highest BCUT2D eigenvalue weighted by molar-refractivity contribution is 7.99. The molecule has 3 heteroatoms. The van der Waals surface area contributed by atoms with Crippen molar-refractivity contribution in [3.63, 3.8) is 0 Å². The van der Waals surface area contributed by atoms with E-state index in [2.05, 4.69) is 17.4 Å². The van der Waals surface area contributed by atoms with Gasteiger partial charge in [-0.1, -0.05) is 11.6 Å². The molecule has 2 rings (SSSR count). The minimum absolute atomic E-state index is 0.704. The molecule has 1 heterocycles. The average molecular weight is 228 g/mol. The molecule has 0 radical (unpaired) electrons. The molecular formula is C11H14ClNS. The van der Waals surface area contributed by atoms with Crippen LogP contribution in [0.25, 0.3) is 0 Å². The Morgan fingerprint density at radius 2 is 2.14 bits per heavy atom. The molecule has 1 atom stereocenters. The molecule has 1 nitrogen and oxygen atoms in total. The van der Waals surface area contributed by atoms with Gasteiger partial charge < -0.3 is 5.32 Å². The van der Waals surface area contributed by atoms with Gasteiger partial charge in [-0.2, -0.15) is 0 Å². The molecule has 1 fully saturated rings. The number of benzene rings is 1. The number of nitrogens with one attached hydrogen (secondary N) is 1. The van der Waals surface area contributed by atoms with Crippen LogP contribution in [-0.4, -0.2) is 18.3 Å². The largest absolute Gasteiger partial charge is 0.313 e. The fourth-order valence-electron chi connectivity index (χ4n) is 1.63. The summed E-state index contributed by atoms with van der Waals surface area (Å²) in [5, 5.41) is 4.30. The molecule has 1 aromatic rings. The first kappa shape index (κ1) is 10.3. The van der Waals surface area contributed by atoms with Gasteiger partial charge in [-0.25, -0.2) is 0 Å². The summed E-state index contributed by atoms with van der Waals surface area (Å²) in [4.78, 5) is 1.31. The molecule has 14 heavy (non-hydrogen) atoms. The summed E-state index contributed by atoms with van der Waals surface area (Å²) in [7, 11) is 0. The van der Waals surface area contributed by atoms with Crippen molar-refractivity contribution >= 4 is 23.4 Å². The number of thioether (sulfide) groups is 1. The second kappa shape index (κ2) is 5.06. The van der Waals surface area contributed by atoms with Crippen LogP contribution in [0.2, 0.25) is 5.02 Å². The molecule has 1 unspecified atom stereocenters. The third-order valence-corrected chi connectivity index (χ3v) is 3.85. The molecule has 76 valence electrons. The van der Waals surface area contributed by atoms with Gasteiger partial charge in [0, 0.05) is 21.7 Å². The zero-order chi connectivity index (χ0) is 9.80. The predicted molar refractivity (Wildman–Crippen MR) is 63.2 cm³/mol. The summed E-state index contributed by atoms with van der Waals surface area (Å²) < 4.78 is 0. The minimum atomic E-state index is 0.704. The lowest BCUT2D eigenvalue weighted by molar-refractivity contribution is 0.674. The maximum Gasteiger partial charge on any atom is 0.0406 e. The van der Waals surface area contributed by atoms with Gasteiger partial charge in [0.15, 0.2) is 0 Å². The van der Waals surface area contributed by atoms with E-state index < -0.39 is 0 Å². The second-order valence-electron chi connectivity index (χ2n) is 3.56. The van der Waals surface area contributed by atoms with Crippen LogP contribution in [0.3, 0.4) is 0 Å². The topological polar surface area (TPSA) is 12.0 Å². The quantitative estimate of drug-likeness (QED) is 0.797. The SMILES string of the molecule is Clc1ccc(SCC2CCCN2)cc1. The standard InChI is InChI=1S/C11H14ClNS/c12-9-3-5-11(6-4-9)14-8-10-2-1-7-13-10/h3-6,10,13H,1-2,7-8H2. The summed E-state index contributed by atoms with van der Waals surface area (Å²) in [5.74, 6) is 1.17. The Labute approximate surface area is 94.2 Å². The van der Waals surface area contributed by atoms with E-state index in [1.165, 1.54) is 30.0 Å². The molecule has 1 aliphatic heterocycles. The van der Waals surface area contributed by atoms with Gasteiger partial charge in [0.05, 0.1) is 0 Å². The summed E-state index contributed by atoms with van der Waals surface area (Å²) in [6.45, 7) is 1.19. The van der Waals surface area contributed by atoms with Crippen molar-refractivity contribution in [3.05, 3.63) is 29.3 Å². The average Bonchev–Trinajstić information content (AvgIpc) is 2.70. The Balaban J connectivity index is 1.82. The van der Waals surface area contributed by atoms with Crippen molar-refractivity contribution in [2.24, 2.45) is 0 Å². The zero-order valence-corrected chi connectivity index (χ0v) is 9.57. The van der Waals surface area contributed by atoms with Crippen LogP contribution in [0.4, 0.5) is 0 Å². The van der Waals surface area contributed by atoms with E-state index in [0.717, 1.165) is 5.02 Å². The van der Waals surface area contributed by atoms with Gasteiger partial charge in [-0.3, -0.25) is 0 Å². The van der Waals surface area contributed by atoms with Crippen molar-refractivity contribution in [1.29, 1.82) is 0 Å². The summed E-state index contributed by atoms with van der Waals surface area (Å²) in [6.07, 6.45) is 2.65. The predicted octanol–water partition coefficient (Wildman–Crippen LogP) is 3.18. The first-order chi connectivity index (χ1) is 6.84. The van der Waals surface area contributed by atoms with E-state index in [9.17, 15) is 0 Å². The van der Waals surface area contributed by atoms with E-state index in [1.54, 1.807) is 0 Å². The number of halogens is 1. The first-order valence-corrected chi connectivity index (χ1v) is 6.33. The van der Waals surface area contributed by atoms with Gasteiger partial charge in [-0.05, 0) is 43.7 Å². The smallest absolute Gasteiger partial charge is 0.0406 e. The van der Waals surface area contributed by atoms with Gasteiger partial charge in [0.25, 0.3) is 0 Å². The number of hydrogen-bond acceptors (Lipinski definition) is 2. The highest BCUT2D eigenvalue weighted by Gasteiger charge is 2.13. The van der Waals surface area contributed by atoms with Crippen LogP contribution in [-0.2, 0) is 0 Å². The van der Waals surface area contributed by atoms with Gasteiger partial charge >= 0.3 is 0 Å². The van der Waals surface area contributed by atoms with Crippen molar-refractivity contribution in [1.82, 2.24) is 5.32 Å². The third-order valence-electron chi connectivity index (χ3n) is 2.43. The van der Waals surface area contributed by atoms with Crippen molar-refractivity contribution < 1.29 is 0 Å². The Bertz CT molecular complexity index is 280. The Kier molecular flexibility index (Phi) is 3.74. The first-order valence-electron chi connectivity index (χ1n) is 4.96. The van der Waals surface area contributed by atoms with E-state index in [-0.39, 0.29) is 0 Å². The molecule has 0 saturated carbocycles. The molecule has 0 aromatic heterocycles. The molecule has 1 saturated heterocycles. The van der Waals surface area contributed by atoms with Crippen LogP contribution >= 0.6 is 23.4 Å². The van der Waals surface area contributed by atoms with E-state index >= 15 is 0 Å². The monoisotopic (exact) mass is 227 g/mol. The van der Waals surface area contributed by atoms with E-state index in [1.807, 2.05) is 23.9 Å². The van der Waals surface area contributed by atoms with Gasteiger partial charge in [-0.15, -0.1) is 11.8 Å². The minimum Gasteiger partial charge on any atom is -0.313 e. The summed E-state index contributed by atoms with van der Waals surface area (Å²) >= 11 is 7.72. The number of rotatable bonds is 3. The summed E-state index contributed by atoms with van der Waals surface area (Å²) in [6, 6.07) is 8.78. The van der Waals surface area contributed by atoms with E-state index in [0.29, 0.717) is 6.04 Å².